The fourth-order valence-electron chi connectivity index (χ4n) is 3.97. The number of aryl methyl sites for hydroxylation is 1. The van der Waals surface area contributed by atoms with E-state index < -0.39 is 38.5 Å². The lowest BCUT2D eigenvalue weighted by atomic mass is 10.1. The SMILES string of the molecule is COc1ncnc(OC)c1-n1c(CS(=O)(=O)[C@@H](C)[C@H](C)c2ncc(C)cn2)nnc1-c1cccc(C(F)(F)F)c1. The molecule has 4 aromatic rings. The summed E-state index contributed by atoms with van der Waals surface area (Å²) >= 11 is 0. The number of hydrogen-bond acceptors (Lipinski definition) is 10. The number of nitrogens with zero attached hydrogens (tertiary/aromatic N) is 7. The number of ether oxygens (including phenoxy) is 2. The van der Waals surface area contributed by atoms with Gasteiger partial charge in [-0.1, -0.05) is 19.1 Å². The summed E-state index contributed by atoms with van der Waals surface area (Å²) in [6.07, 6.45) is -0.257. The number of methoxy groups -OCH3 is 2. The van der Waals surface area contributed by atoms with Gasteiger partial charge in [0.15, 0.2) is 27.2 Å². The van der Waals surface area contributed by atoms with Crippen LogP contribution in [0.1, 0.15) is 42.5 Å². The normalized spacial score (nSPS) is 13.6. The predicted octanol–water partition coefficient (Wildman–Crippen LogP) is 3.97. The standard InChI is InChI=1S/C25H26F3N7O4S/c1-14-10-29-21(30-11-14)15(2)16(3)40(36,37)12-19-33-34-22(17-7-6-8-18(9-17)25(26,27)28)35(19)20-23(38-4)31-13-32-24(20)39-5/h6-11,13,15-16H,12H2,1-5H3/t15-,16-/m0/s1. The molecular weight excluding hydrogens is 551 g/mol. The first-order valence-electron chi connectivity index (χ1n) is 11.9. The van der Waals surface area contributed by atoms with Crippen molar-refractivity contribution in [3.05, 3.63) is 65.8 Å². The van der Waals surface area contributed by atoms with Gasteiger partial charge >= 0.3 is 6.18 Å². The van der Waals surface area contributed by atoms with Crippen LogP contribution in [-0.2, 0) is 21.8 Å². The zero-order valence-electron chi connectivity index (χ0n) is 22.2. The molecule has 0 bridgehead atoms. The Balaban J connectivity index is 1.86. The Labute approximate surface area is 228 Å². The van der Waals surface area contributed by atoms with Crippen LogP contribution in [0.4, 0.5) is 13.2 Å². The Kier molecular flexibility index (Phi) is 8.05. The second kappa shape index (κ2) is 11.2. The van der Waals surface area contributed by atoms with Gasteiger partial charge in [-0.25, -0.2) is 18.4 Å². The van der Waals surface area contributed by atoms with Crippen molar-refractivity contribution < 1.29 is 31.1 Å². The summed E-state index contributed by atoms with van der Waals surface area (Å²) in [6, 6.07) is 4.42. The maximum absolute atomic E-state index is 13.6. The minimum absolute atomic E-state index is 0.0217. The topological polar surface area (TPSA) is 135 Å². The Morgan fingerprint density at radius 2 is 1.60 bits per heavy atom. The molecule has 0 aliphatic rings. The second-order valence-corrected chi connectivity index (χ2v) is 11.4. The first-order valence-corrected chi connectivity index (χ1v) is 13.6. The molecular formula is C25H26F3N7O4S. The van der Waals surface area contributed by atoms with Crippen LogP contribution in [0.2, 0.25) is 0 Å². The van der Waals surface area contributed by atoms with Crippen LogP contribution < -0.4 is 9.47 Å². The number of hydrogen-bond donors (Lipinski definition) is 0. The van der Waals surface area contributed by atoms with Gasteiger partial charge < -0.3 is 9.47 Å². The molecule has 3 heterocycles. The average molecular weight is 578 g/mol. The van der Waals surface area contributed by atoms with Crippen LogP contribution >= 0.6 is 0 Å². The van der Waals surface area contributed by atoms with Gasteiger partial charge in [-0.2, -0.15) is 23.1 Å². The molecule has 0 saturated carbocycles. The molecule has 0 aliphatic carbocycles. The lowest BCUT2D eigenvalue weighted by molar-refractivity contribution is -0.137. The Bertz CT molecular complexity index is 1590. The number of sulfone groups is 1. The highest BCUT2D eigenvalue weighted by Gasteiger charge is 2.34. The Morgan fingerprint density at radius 3 is 2.17 bits per heavy atom. The smallest absolute Gasteiger partial charge is 0.416 e. The van der Waals surface area contributed by atoms with E-state index in [-0.39, 0.29) is 34.7 Å². The molecule has 212 valence electrons. The Morgan fingerprint density at radius 1 is 0.975 bits per heavy atom. The van der Waals surface area contributed by atoms with Crippen molar-refractivity contribution in [2.24, 2.45) is 0 Å². The summed E-state index contributed by atoms with van der Waals surface area (Å²) < 4.78 is 79.7. The molecule has 0 unspecified atom stereocenters. The number of aromatic nitrogens is 7. The number of rotatable bonds is 9. The number of alkyl halides is 3. The number of benzene rings is 1. The van der Waals surface area contributed by atoms with Crippen molar-refractivity contribution in [2.45, 2.75) is 43.9 Å². The largest absolute Gasteiger partial charge is 0.479 e. The zero-order valence-corrected chi connectivity index (χ0v) is 23.0. The molecule has 0 saturated heterocycles. The van der Waals surface area contributed by atoms with Crippen molar-refractivity contribution in [1.82, 2.24) is 34.7 Å². The van der Waals surface area contributed by atoms with E-state index in [4.69, 9.17) is 9.47 Å². The molecule has 40 heavy (non-hydrogen) atoms. The van der Waals surface area contributed by atoms with Gasteiger partial charge in [0.05, 0.1) is 25.0 Å². The van der Waals surface area contributed by atoms with Gasteiger partial charge in [0.25, 0.3) is 0 Å². The summed E-state index contributed by atoms with van der Waals surface area (Å²) in [5, 5.41) is 7.21. The van der Waals surface area contributed by atoms with E-state index in [2.05, 4.69) is 30.1 Å². The molecule has 0 spiro atoms. The van der Waals surface area contributed by atoms with Crippen LogP contribution in [0.3, 0.4) is 0 Å². The maximum Gasteiger partial charge on any atom is 0.416 e. The molecule has 0 radical (unpaired) electrons. The van der Waals surface area contributed by atoms with Crippen molar-refractivity contribution in [2.75, 3.05) is 14.2 Å². The quantitative estimate of drug-likeness (QED) is 0.288. The molecule has 2 atom stereocenters. The molecule has 0 aliphatic heterocycles. The predicted molar refractivity (Wildman–Crippen MR) is 138 cm³/mol. The van der Waals surface area contributed by atoms with E-state index >= 15 is 0 Å². The monoisotopic (exact) mass is 577 g/mol. The summed E-state index contributed by atoms with van der Waals surface area (Å²) in [5.41, 5.74) is -0.0433. The minimum atomic E-state index is -4.62. The molecule has 11 nitrogen and oxygen atoms in total. The molecule has 0 amide bonds. The first kappa shape index (κ1) is 28.9. The van der Waals surface area contributed by atoms with Crippen molar-refractivity contribution in [1.29, 1.82) is 0 Å². The van der Waals surface area contributed by atoms with E-state index in [9.17, 15) is 21.6 Å². The molecule has 0 fully saturated rings. The molecule has 0 N–H and O–H groups in total. The number of halogens is 3. The van der Waals surface area contributed by atoms with Gasteiger partial charge in [-0.05, 0) is 31.5 Å². The summed E-state index contributed by atoms with van der Waals surface area (Å²) in [6.45, 7) is 5.05. The molecule has 4 rings (SSSR count). The van der Waals surface area contributed by atoms with E-state index in [1.807, 2.05) is 6.92 Å². The molecule has 15 heteroatoms. The third-order valence-corrected chi connectivity index (χ3v) is 8.55. The van der Waals surface area contributed by atoms with Gasteiger partial charge in [0.1, 0.15) is 17.9 Å². The highest BCUT2D eigenvalue weighted by Crippen LogP contribution is 2.36. The fraction of sp³-hybridized carbons (Fsp3) is 0.360. The second-order valence-electron chi connectivity index (χ2n) is 9.01. The van der Waals surface area contributed by atoms with Gasteiger partial charge in [0.2, 0.25) is 11.8 Å². The Hall–Kier alpha value is -4.14. The lowest BCUT2D eigenvalue weighted by Gasteiger charge is -2.20. The molecule has 3 aromatic heterocycles. The highest BCUT2D eigenvalue weighted by molar-refractivity contribution is 7.91. The van der Waals surface area contributed by atoms with E-state index in [1.54, 1.807) is 19.3 Å². The third kappa shape index (κ3) is 5.73. The van der Waals surface area contributed by atoms with E-state index in [0.717, 1.165) is 24.0 Å². The zero-order chi connectivity index (χ0) is 29.2. The van der Waals surface area contributed by atoms with E-state index in [0.29, 0.717) is 5.82 Å². The van der Waals surface area contributed by atoms with Crippen molar-refractivity contribution in [3.63, 3.8) is 0 Å². The third-order valence-electron chi connectivity index (χ3n) is 6.35. The van der Waals surface area contributed by atoms with E-state index in [1.165, 1.54) is 37.8 Å². The van der Waals surface area contributed by atoms with Gasteiger partial charge in [-0.15, -0.1) is 10.2 Å². The highest BCUT2D eigenvalue weighted by atomic mass is 32.2. The lowest BCUT2D eigenvalue weighted by Crippen LogP contribution is -2.27. The summed E-state index contributed by atoms with van der Waals surface area (Å²) in [5.74, 6) is -1.12. The van der Waals surface area contributed by atoms with Crippen LogP contribution in [0.5, 0.6) is 11.8 Å². The summed E-state index contributed by atoms with van der Waals surface area (Å²) in [7, 11) is -1.31. The van der Waals surface area contributed by atoms with Crippen LogP contribution in [0.25, 0.3) is 17.1 Å². The van der Waals surface area contributed by atoms with Crippen molar-refractivity contribution in [3.8, 4) is 28.8 Å². The van der Waals surface area contributed by atoms with Crippen molar-refractivity contribution >= 4 is 9.84 Å². The minimum Gasteiger partial charge on any atom is -0.479 e. The average Bonchev–Trinajstić information content (AvgIpc) is 3.33. The van der Waals surface area contributed by atoms with Crippen LogP contribution in [0, 0.1) is 6.92 Å². The van der Waals surface area contributed by atoms with Crippen LogP contribution in [-0.4, -0.2) is 62.6 Å². The van der Waals surface area contributed by atoms with Crippen LogP contribution in [0.15, 0.2) is 43.0 Å². The van der Waals surface area contributed by atoms with Gasteiger partial charge in [-0.3, -0.25) is 4.57 Å². The fourth-order valence-corrected chi connectivity index (χ4v) is 5.53. The maximum atomic E-state index is 13.6. The summed E-state index contributed by atoms with van der Waals surface area (Å²) in [4.78, 5) is 16.6. The first-order chi connectivity index (χ1) is 18.9. The molecule has 1 aromatic carbocycles. The van der Waals surface area contributed by atoms with Gasteiger partial charge in [0, 0.05) is 23.9 Å².